The van der Waals surface area contributed by atoms with Crippen molar-refractivity contribution in [3.8, 4) is 5.75 Å². The molecule has 0 heterocycles. The van der Waals surface area contributed by atoms with Gasteiger partial charge in [0, 0.05) is 26.7 Å². The minimum absolute atomic E-state index is 0.540. The molecule has 2 rings (SSSR count). The van der Waals surface area contributed by atoms with E-state index in [1.807, 2.05) is 49.4 Å². The van der Waals surface area contributed by atoms with E-state index in [1.165, 1.54) is 5.56 Å². The Balaban J connectivity index is 1.86. The Morgan fingerprint density at radius 1 is 0.960 bits per heavy atom. The van der Waals surface area contributed by atoms with Crippen molar-refractivity contribution in [3.63, 3.8) is 0 Å². The largest absolute Gasteiger partial charge is 0.489 e. The first-order valence-corrected chi connectivity index (χ1v) is 8.60. The first-order chi connectivity index (χ1) is 12.3. The third-order valence-electron chi connectivity index (χ3n) is 3.67. The molecule has 0 amide bonds. The monoisotopic (exact) mass is 341 g/mol. The maximum atomic E-state index is 5.87. The molecule has 5 heteroatoms. The van der Waals surface area contributed by atoms with E-state index >= 15 is 0 Å². The molecule has 0 aliphatic heterocycles. The number of hydrogen-bond acceptors (Lipinski definition) is 3. The fourth-order valence-electron chi connectivity index (χ4n) is 2.33. The summed E-state index contributed by atoms with van der Waals surface area (Å²) >= 11 is 0. The topological polar surface area (TPSA) is 54.9 Å². The van der Waals surface area contributed by atoms with Crippen molar-refractivity contribution in [1.82, 2.24) is 10.6 Å². The van der Waals surface area contributed by atoms with E-state index in [0.717, 1.165) is 30.4 Å². The van der Waals surface area contributed by atoms with Crippen LogP contribution >= 0.6 is 0 Å². The van der Waals surface area contributed by atoms with Crippen LogP contribution in [0.5, 0.6) is 5.75 Å². The number of aliphatic imine (C=N–C) groups is 1. The lowest BCUT2D eigenvalue weighted by Gasteiger charge is -2.15. The molecular weight excluding hydrogens is 314 g/mol. The second kappa shape index (κ2) is 11.1. The Morgan fingerprint density at radius 3 is 2.40 bits per heavy atom. The van der Waals surface area contributed by atoms with Crippen LogP contribution in [-0.4, -0.2) is 32.8 Å². The van der Waals surface area contributed by atoms with Gasteiger partial charge in [0.2, 0.25) is 0 Å². The predicted octanol–water partition coefficient (Wildman–Crippen LogP) is 2.97. The summed E-state index contributed by atoms with van der Waals surface area (Å²) in [7, 11) is 1.76. The molecule has 0 unspecified atom stereocenters. The van der Waals surface area contributed by atoms with Gasteiger partial charge in [-0.3, -0.25) is 4.99 Å². The average Bonchev–Trinajstić information content (AvgIpc) is 2.67. The molecule has 0 atom stereocenters. The third kappa shape index (κ3) is 6.85. The van der Waals surface area contributed by atoms with Gasteiger partial charge in [-0.15, -0.1) is 0 Å². The summed E-state index contributed by atoms with van der Waals surface area (Å²) in [5.74, 6) is 1.64. The van der Waals surface area contributed by atoms with Crippen molar-refractivity contribution in [2.45, 2.75) is 20.1 Å². The molecule has 0 aromatic heterocycles. The number of para-hydroxylation sites is 1. The van der Waals surface area contributed by atoms with Crippen LogP contribution < -0.4 is 15.4 Å². The van der Waals surface area contributed by atoms with E-state index in [9.17, 15) is 0 Å². The van der Waals surface area contributed by atoms with Gasteiger partial charge in [-0.25, -0.2) is 0 Å². The zero-order valence-corrected chi connectivity index (χ0v) is 15.0. The highest BCUT2D eigenvalue weighted by Gasteiger charge is 2.04. The normalized spacial score (nSPS) is 11.2. The van der Waals surface area contributed by atoms with Crippen LogP contribution in [0.4, 0.5) is 0 Å². The van der Waals surface area contributed by atoms with Crippen molar-refractivity contribution in [1.29, 1.82) is 0 Å². The van der Waals surface area contributed by atoms with Gasteiger partial charge in [0.1, 0.15) is 12.4 Å². The summed E-state index contributed by atoms with van der Waals surface area (Å²) in [5, 5.41) is 6.56. The molecule has 25 heavy (non-hydrogen) atoms. The number of nitrogens with one attached hydrogen (secondary N) is 2. The van der Waals surface area contributed by atoms with Gasteiger partial charge in [-0.05, 0) is 30.2 Å². The number of hydrogen-bond donors (Lipinski definition) is 2. The van der Waals surface area contributed by atoms with Crippen LogP contribution in [0.15, 0.2) is 59.6 Å². The quantitative estimate of drug-likeness (QED) is 0.418. The average molecular weight is 341 g/mol. The highest BCUT2D eigenvalue weighted by molar-refractivity contribution is 5.79. The van der Waals surface area contributed by atoms with E-state index in [2.05, 4.69) is 27.8 Å². The number of nitrogens with zero attached hydrogens (tertiary/aromatic N) is 1. The highest BCUT2D eigenvalue weighted by atomic mass is 16.5. The van der Waals surface area contributed by atoms with E-state index in [0.29, 0.717) is 19.8 Å². The third-order valence-corrected chi connectivity index (χ3v) is 3.67. The molecule has 0 fully saturated rings. The smallest absolute Gasteiger partial charge is 0.191 e. The summed E-state index contributed by atoms with van der Waals surface area (Å²) in [6.45, 7) is 5.33. The summed E-state index contributed by atoms with van der Waals surface area (Å²) < 4.78 is 11.2. The van der Waals surface area contributed by atoms with Crippen molar-refractivity contribution in [2.75, 3.05) is 26.8 Å². The minimum Gasteiger partial charge on any atom is -0.489 e. The Bertz CT molecular complexity index is 644. The lowest BCUT2D eigenvalue weighted by molar-refractivity contribution is 0.152. The number of benzene rings is 2. The summed E-state index contributed by atoms with van der Waals surface area (Å²) in [5.41, 5.74) is 2.34. The van der Waals surface area contributed by atoms with Gasteiger partial charge in [0.15, 0.2) is 5.96 Å². The number of ether oxygens (including phenoxy) is 2. The molecule has 2 N–H and O–H groups in total. The maximum absolute atomic E-state index is 5.87. The fourth-order valence-corrected chi connectivity index (χ4v) is 2.33. The molecule has 2 aromatic carbocycles. The van der Waals surface area contributed by atoms with Crippen LogP contribution in [0.2, 0.25) is 0 Å². The summed E-state index contributed by atoms with van der Waals surface area (Å²) in [6.07, 6.45) is 0. The summed E-state index contributed by atoms with van der Waals surface area (Å²) in [6, 6.07) is 18.1. The van der Waals surface area contributed by atoms with Crippen LogP contribution in [0.25, 0.3) is 0 Å². The van der Waals surface area contributed by atoms with Gasteiger partial charge in [0.25, 0.3) is 0 Å². The summed E-state index contributed by atoms with van der Waals surface area (Å²) in [4.78, 5) is 4.23. The Morgan fingerprint density at radius 2 is 1.68 bits per heavy atom. The predicted molar refractivity (Wildman–Crippen MR) is 102 cm³/mol. The number of guanidine groups is 1. The fraction of sp³-hybridized carbons (Fsp3) is 0.350. The molecule has 0 aliphatic carbocycles. The zero-order chi connectivity index (χ0) is 17.7. The standard InChI is InChI=1S/C20H27N3O2/c1-3-24-14-13-22-20(21-2)23-15-17-9-7-8-10-18(17)16-25-19-11-5-4-6-12-19/h4-12H,3,13-16H2,1-2H3,(H2,21,22,23). The molecule has 2 aromatic rings. The Kier molecular flexibility index (Phi) is 8.35. The van der Waals surface area contributed by atoms with Crippen molar-refractivity contribution in [3.05, 3.63) is 65.7 Å². The Labute approximate surface area is 150 Å². The molecule has 5 nitrogen and oxygen atoms in total. The maximum Gasteiger partial charge on any atom is 0.191 e. The van der Waals surface area contributed by atoms with Gasteiger partial charge in [-0.1, -0.05) is 42.5 Å². The molecule has 134 valence electrons. The van der Waals surface area contributed by atoms with E-state index in [4.69, 9.17) is 9.47 Å². The van der Waals surface area contributed by atoms with Crippen molar-refractivity contribution in [2.24, 2.45) is 4.99 Å². The molecule has 0 bridgehead atoms. The minimum atomic E-state index is 0.540. The Hall–Kier alpha value is -2.53. The van der Waals surface area contributed by atoms with E-state index in [-0.39, 0.29) is 0 Å². The number of rotatable bonds is 9. The first kappa shape index (κ1) is 18.8. The molecular formula is C20H27N3O2. The molecule has 0 saturated heterocycles. The highest BCUT2D eigenvalue weighted by Crippen LogP contribution is 2.14. The van der Waals surface area contributed by atoms with Gasteiger partial charge in [0.05, 0.1) is 6.61 Å². The molecule has 0 saturated carbocycles. The van der Waals surface area contributed by atoms with Crippen LogP contribution in [-0.2, 0) is 17.9 Å². The SMILES string of the molecule is CCOCCNC(=NC)NCc1ccccc1COc1ccccc1. The van der Waals surface area contributed by atoms with Crippen LogP contribution in [0.1, 0.15) is 18.1 Å². The second-order valence-corrected chi connectivity index (χ2v) is 5.42. The van der Waals surface area contributed by atoms with E-state index < -0.39 is 0 Å². The zero-order valence-electron chi connectivity index (χ0n) is 15.0. The molecule has 0 radical (unpaired) electrons. The van der Waals surface area contributed by atoms with Crippen LogP contribution in [0.3, 0.4) is 0 Å². The van der Waals surface area contributed by atoms with Gasteiger partial charge in [-0.2, -0.15) is 0 Å². The van der Waals surface area contributed by atoms with Gasteiger partial charge < -0.3 is 20.1 Å². The van der Waals surface area contributed by atoms with Crippen LogP contribution in [0, 0.1) is 0 Å². The lowest BCUT2D eigenvalue weighted by atomic mass is 10.1. The molecule has 0 spiro atoms. The van der Waals surface area contributed by atoms with Crippen molar-refractivity contribution < 1.29 is 9.47 Å². The lowest BCUT2D eigenvalue weighted by Crippen LogP contribution is -2.38. The second-order valence-electron chi connectivity index (χ2n) is 5.42. The van der Waals surface area contributed by atoms with Gasteiger partial charge >= 0.3 is 0 Å². The first-order valence-electron chi connectivity index (χ1n) is 8.60. The van der Waals surface area contributed by atoms with Crippen molar-refractivity contribution >= 4 is 5.96 Å². The van der Waals surface area contributed by atoms with E-state index in [1.54, 1.807) is 7.05 Å². The molecule has 0 aliphatic rings.